The van der Waals surface area contributed by atoms with E-state index in [2.05, 4.69) is 31.3 Å². The van der Waals surface area contributed by atoms with Crippen molar-refractivity contribution in [3.63, 3.8) is 0 Å². The van der Waals surface area contributed by atoms with Crippen LogP contribution in [-0.4, -0.2) is 32.9 Å². The molecule has 0 saturated carbocycles. The molecule has 1 aromatic carbocycles. The fraction of sp³-hybridized carbons (Fsp3) is 0.625. The third-order valence-corrected chi connectivity index (χ3v) is 3.48. The molecule has 0 fully saturated rings. The van der Waals surface area contributed by atoms with E-state index in [1.807, 2.05) is 20.0 Å². The maximum atomic E-state index is 5.82. The third kappa shape index (κ3) is 4.51. The molecule has 0 radical (unpaired) electrons. The number of aryl methyl sites for hydroxylation is 1. The molecule has 0 bridgehead atoms. The smallest absolute Gasteiger partial charge is 0.122 e. The minimum absolute atomic E-state index is 0.236. The van der Waals surface area contributed by atoms with Gasteiger partial charge in [-0.15, -0.1) is 0 Å². The maximum Gasteiger partial charge on any atom is 0.122 e. The van der Waals surface area contributed by atoms with E-state index >= 15 is 0 Å². The average Bonchev–Trinajstić information content (AvgIpc) is 2.42. The number of hydrogen-bond acceptors (Lipinski definition) is 3. The highest BCUT2D eigenvalue weighted by Gasteiger charge is 2.20. The van der Waals surface area contributed by atoms with Crippen LogP contribution in [0.25, 0.3) is 0 Å². The van der Waals surface area contributed by atoms with Gasteiger partial charge >= 0.3 is 0 Å². The van der Waals surface area contributed by atoms with Gasteiger partial charge in [-0.3, -0.25) is 0 Å². The molecule has 0 aliphatic heterocycles. The molecule has 0 aliphatic carbocycles. The van der Waals surface area contributed by atoms with Crippen LogP contribution in [0, 0.1) is 6.92 Å². The lowest BCUT2D eigenvalue weighted by atomic mass is 9.97. The van der Waals surface area contributed by atoms with Gasteiger partial charge in [0.15, 0.2) is 0 Å². The third-order valence-electron chi connectivity index (χ3n) is 3.48. The molecule has 0 aromatic heterocycles. The Labute approximate surface area is 117 Å². The summed E-state index contributed by atoms with van der Waals surface area (Å²) in [7, 11) is 3.72. The Morgan fingerprint density at radius 2 is 2.00 bits per heavy atom. The van der Waals surface area contributed by atoms with E-state index in [4.69, 9.17) is 9.47 Å². The average molecular weight is 265 g/mol. The van der Waals surface area contributed by atoms with Gasteiger partial charge in [0.1, 0.15) is 5.75 Å². The molecule has 19 heavy (non-hydrogen) atoms. The molecule has 1 aromatic rings. The van der Waals surface area contributed by atoms with Gasteiger partial charge in [-0.05, 0) is 45.4 Å². The lowest BCUT2D eigenvalue weighted by Gasteiger charge is -2.26. The van der Waals surface area contributed by atoms with Gasteiger partial charge in [-0.1, -0.05) is 24.6 Å². The van der Waals surface area contributed by atoms with Crippen LogP contribution in [0.5, 0.6) is 5.75 Å². The summed E-state index contributed by atoms with van der Waals surface area (Å²) in [6.07, 6.45) is 2.16. The van der Waals surface area contributed by atoms with Crippen LogP contribution in [0.1, 0.15) is 31.4 Å². The standard InChI is InChI=1S/C16H27NO2/c1-6-15(19-7-2)14(17-4)11-13-10-12(3)8-9-16(13)18-5/h8-10,14-15,17H,6-7,11H2,1-5H3. The summed E-state index contributed by atoms with van der Waals surface area (Å²) in [6, 6.07) is 6.62. The fourth-order valence-electron chi connectivity index (χ4n) is 2.46. The van der Waals surface area contributed by atoms with Crippen LogP contribution in [0.3, 0.4) is 0 Å². The van der Waals surface area contributed by atoms with Crippen molar-refractivity contribution in [3.8, 4) is 5.75 Å². The van der Waals surface area contributed by atoms with Gasteiger partial charge < -0.3 is 14.8 Å². The van der Waals surface area contributed by atoms with E-state index in [9.17, 15) is 0 Å². The lowest BCUT2D eigenvalue weighted by molar-refractivity contribution is 0.0338. The summed E-state index contributed by atoms with van der Waals surface area (Å²) in [5, 5.41) is 3.38. The van der Waals surface area contributed by atoms with Gasteiger partial charge in [-0.2, -0.15) is 0 Å². The molecule has 2 unspecified atom stereocenters. The fourth-order valence-corrected chi connectivity index (χ4v) is 2.46. The first-order chi connectivity index (χ1) is 9.15. The topological polar surface area (TPSA) is 30.5 Å². The molecular weight excluding hydrogens is 238 g/mol. The Morgan fingerprint density at radius 1 is 1.26 bits per heavy atom. The summed E-state index contributed by atoms with van der Waals surface area (Å²) in [6.45, 7) is 7.07. The number of likely N-dealkylation sites (N-methyl/N-ethyl adjacent to an activating group) is 1. The molecule has 2 atom stereocenters. The summed E-state index contributed by atoms with van der Waals surface area (Å²) in [5.41, 5.74) is 2.50. The maximum absolute atomic E-state index is 5.82. The lowest BCUT2D eigenvalue weighted by Crippen LogP contribution is -2.41. The Kier molecular flexibility index (Phi) is 6.89. The van der Waals surface area contributed by atoms with Crippen LogP contribution in [-0.2, 0) is 11.2 Å². The zero-order valence-corrected chi connectivity index (χ0v) is 12.8. The molecule has 0 aliphatic rings. The van der Waals surface area contributed by atoms with Crippen molar-refractivity contribution in [1.82, 2.24) is 5.32 Å². The van der Waals surface area contributed by atoms with Crippen LogP contribution >= 0.6 is 0 Å². The van der Waals surface area contributed by atoms with Crippen LogP contribution in [0.4, 0.5) is 0 Å². The highest BCUT2D eigenvalue weighted by atomic mass is 16.5. The zero-order valence-electron chi connectivity index (χ0n) is 12.8. The second-order valence-corrected chi connectivity index (χ2v) is 4.82. The normalized spacial score (nSPS) is 14.2. The van der Waals surface area contributed by atoms with Gasteiger partial charge in [-0.25, -0.2) is 0 Å². The van der Waals surface area contributed by atoms with Gasteiger partial charge in [0, 0.05) is 12.6 Å². The van der Waals surface area contributed by atoms with E-state index in [0.717, 1.165) is 25.2 Å². The first-order valence-electron chi connectivity index (χ1n) is 7.08. The Morgan fingerprint density at radius 3 is 2.53 bits per heavy atom. The van der Waals surface area contributed by atoms with Crippen molar-refractivity contribution in [1.29, 1.82) is 0 Å². The summed E-state index contributed by atoms with van der Waals surface area (Å²) in [5.74, 6) is 0.956. The van der Waals surface area contributed by atoms with E-state index < -0.39 is 0 Å². The molecular formula is C16H27NO2. The first kappa shape index (κ1) is 16.0. The number of ether oxygens (including phenoxy) is 2. The summed E-state index contributed by atoms with van der Waals surface area (Å²) in [4.78, 5) is 0. The van der Waals surface area contributed by atoms with E-state index in [-0.39, 0.29) is 6.10 Å². The van der Waals surface area contributed by atoms with Crippen molar-refractivity contribution in [3.05, 3.63) is 29.3 Å². The molecule has 1 rings (SSSR count). The van der Waals surface area contributed by atoms with Gasteiger partial charge in [0.25, 0.3) is 0 Å². The molecule has 108 valence electrons. The van der Waals surface area contributed by atoms with E-state index in [1.54, 1.807) is 7.11 Å². The van der Waals surface area contributed by atoms with Crippen LogP contribution in [0.15, 0.2) is 18.2 Å². The molecule has 3 nitrogen and oxygen atoms in total. The van der Waals surface area contributed by atoms with E-state index in [1.165, 1.54) is 11.1 Å². The predicted octanol–water partition coefficient (Wildman–Crippen LogP) is 2.95. The number of methoxy groups -OCH3 is 1. The quantitative estimate of drug-likeness (QED) is 0.784. The molecule has 0 amide bonds. The van der Waals surface area contributed by atoms with Crippen LogP contribution in [0.2, 0.25) is 0 Å². The summed E-state index contributed by atoms with van der Waals surface area (Å²) < 4.78 is 11.3. The second kappa shape index (κ2) is 8.18. The van der Waals surface area contributed by atoms with E-state index in [0.29, 0.717) is 6.04 Å². The molecule has 3 heteroatoms. The number of hydrogen-bond donors (Lipinski definition) is 1. The van der Waals surface area contributed by atoms with Crippen molar-refractivity contribution < 1.29 is 9.47 Å². The Bertz CT molecular complexity index is 379. The SMILES string of the molecule is CCOC(CC)C(Cc1cc(C)ccc1OC)NC. The van der Waals surface area contributed by atoms with Crippen molar-refractivity contribution in [2.24, 2.45) is 0 Å². The number of benzene rings is 1. The minimum atomic E-state index is 0.236. The zero-order chi connectivity index (χ0) is 14.3. The monoisotopic (exact) mass is 265 g/mol. The highest BCUT2D eigenvalue weighted by molar-refractivity contribution is 5.37. The predicted molar refractivity (Wildman–Crippen MR) is 80.0 cm³/mol. The molecule has 0 saturated heterocycles. The number of nitrogens with one attached hydrogen (secondary N) is 1. The van der Waals surface area contributed by atoms with Crippen molar-refractivity contribution >= 4 is 0 Å². The van der Waals surface area contributed by atoms with Crippen molar-refractivity contribution in [2.45, 2.75) is 45.8 Å². The van der Waals surface area contributed by atoms with Gasteiger partial charge in [0.2, 0.25) is 0 Å². The largest absolute Gasteiger partial charge is 0.496 e. The molecule has 0 heterocycles. The Balaban J connectivity index is 2.87. The van der Waals surface area contributed by atoms with Crippen molar-refractivity contribution in [2.75, 3.05) is 20.8 Å². The second-order valence-electron chi connectivity index (χ2n) is 4.82. The summed E-state index contributed by atoms with van der Waals surface area (Å²) >= 11 is 0. The van der Waals surface area contributed by atoms with Gasteiger partial charge in [0.05, 0.1) is 13.2 Å². The minimum Gasteiger partial charge on any atom is -0.496 e. The Hall–Kier alpha value is -1.06. The number of rotatable bonds is 8. The molecule has 1 N–H and O–H groups in total. The highest BCUT2D eigenvalue weighted by Crippen LogP contribution is 2.22. The first-order valence-corrected chi connectivity index (χ1v) is 7.08. The molecule has 0 spiro atoms. The van der Waals surface area contributed by atoms with Crippen LogP contribution < -0.4 is 10.1 Å².